The summed E-state index contributed by atoms with van der Waals surface area (Å²) < 4.78 is 1.77. The van der Waals surface area contributed by atoms with Crippen molar-refractivity contribution in [1.82, 2.24) is 14.8 Å². The fraction of sp³-hybridized carbons (Fsp3) is 0.143. The summed E-state index contributed by atoms with van der Waals surface area (Å²) >= 11 is 1.60. The molecule has 0 aliphatic carbocycles. The van der Waals surface area contributed by atoms with Gasteiger partial charge in [0.15, 0.2) is 0 Å². The standard InChI is InChI=1S/C7H7N3S/c1-10-3-6(2-9-10)7-4-11-5-8-7/h2-5H,1H3. The zero-order valence-corrected chi connectivity index (χ0v) is 6.88. The molecule has 2 heterocycles. The van der Waals surface area contributed by atoms with Gasteiger partial charge in [-0.1, -0.05) is 0 Å². The van der Waals surface area contributed by atoms with Gasteiger partial charge in [-0.05, 0) is 0 Å². The Bertz CT molecular complexity index is 336. The first-order valence-corrected chi connectivity index (χ1v) is 4.18. The highest BCUT2D eigenvalue weighted by Gasteiger charge is 2.00. The Labute approximate surface area is 68.3 Å². The molecule has 4 heteroatoms. The van der Waals surface area contributed by atoms with Gasteiger partial charge in [-0.25, -0.2) is 4.98 Å². The molecule has 0 unspecified atom stereocenters. The topological polar surface area (TPSA) is 30.7 Å². The Morgan fingerprint density at radius 1 is 1.55 bits per heavy atom. The minimum absolute atomic E-state index is 1.00. The molecule has 0 N–H and O–H groups in total. The highest BCUT2D eigenvalue weighted by molar-refractivity contribution is 7.07. The lowest BCUT2D eigenvalue weighted by Crippen LogP contribution is -1.84. The van der Waals surface area contributed by atoms with Crippen LogP contribution in [-0.2, 0) is 7.05 Å². The summed E-state index contributed by atoms with van der Waals surface area (Å²) in [6.07, 6.45) is 3.77. The van der Waals surface area contributed by atoms with Crippen LogP contribution in [0.2, 0.25) is 0 Å². The molecular weight excluding hydrogens is 158 g/mol. The Morgan fingerprint density at radius 3 is 3.00 bits per heavy atom. The van der Waals surface area contributed by atoms with Crippen molar-refractivity contribution < 1.29 is 0 Å². The number of hydrogen-bond donors (Lipinski definition) is 0. The smallest absolute Gasteiger partial charge is 0.0842 e. The second-order valence-electron chi connectivity index (χ2n) is 2.28. The predicted molar refractivity (Wildman–Crippen MR) is 44.3 cm³/mol. The van der Waals surface area contributed by atoms with E-state index in [1.807, 2.05) is 30.3 Å². The number of rotatable bonds is 1. The molecule has 0 aromatic carbocycles. The first-order valence-electron chi connectivity index (χ1n) is 3.23. The maximum Gasteiger partial charge on any atom is 0.0842 e. The number of aromatic nitrogens is 3. The largest absolute Gasteiger partial charge is 0.275 e. The third kappa shape index (κ3) is 1.17. The third-order valence-electron chi connectivity index (χ3n) is 1.43. The Morgan fingerprint density at radius 2 is 2.45 bits per heavy atom. The van der Waals surface area contributed by atoms with E-state index >= 15 is 0 Å². The molecule has 0 aliphatic heterocycles. The Hall–Kier alpha value is -1.16. The number of thiazole rings is 1. The fourth-order valence-electron chi connectivity index (χ4n) is 0.909. The molecule has 0 radical (unpaired) electrons. The van der Waals surface area contributed by atoms with E-state index in [1.54, 1.807) is 16.0 Å². The van der Waals surface area contributed by atoms with Gasteiger partial charge in [-0.2, -0.15) is 5.10 Å². The average Bonchev–Trinajstić information content (AvgIpc) is 2.55. The lowest BCUT2D eigenvalue weighted by Gasteiger charge is -1.84. The zero-order valence-electron chi connectivity index (χ0n) is 6.06. The van der Waals surface area contributed by atoms with Crippen LogP contribution in [0.1, 0.15) is 0 Å². The molecule has 2 aromatic heterocycles. The van der Waals surface area contributed by atoms with E-state index in [0.29, 0.717) is 0 Å². The van der Waals surface area contributed by atoms with E-state index in [0.717, 1.165) is 11.3 Å². The maximum atomic E-state index is 4.16. The van der Waals surface area contributed by atoms with E-state index in [4.69, 9.17) is 0 Å². The van der Waals surface area contributed by atoms with Gasteiger partial charge in [0.1, 0.15) is 0 Å². The third-order valence-corrected chi connectivity index (χ3v) is 2.02. The van der Waals surface area contributed by atoms with E-state index in [1.165, 1.54) is 0 Å². The summed E-state index contributed by atoms with van der Waals surface area (Å²) in [5.41, 5.74) is 3.90. The quantitative estimate of drug-likeness (QED) is 0.641. The van der Waals surface area contributed by atoms with Gasteiger partial charge < -0.3 is 0 Å². The normalized spacial score (nSPS) is 10.3. The van der Waals surface area contributed by atoms with Gasteiger partial charge in [-0.15, -0.1) is 11.3 Å². The Kier molecular flexibility index (Phi) is 1.47. The van der Waals surface area contributed by atoms with Crippen LogP contribution in [0, 0.1) is 0 Å². The van der Waals surface area contributed by atoms with Crippen molar-refractivity contribution in [3.05, 3.63) is 23.3 Å². The van der Waals surface area contributed by atoms with Crippen molar-refractivity contribution in [3.8, 4) is 11.3 Å². The lowest BCUT2D eigenvalue weighted by molar-refractivity contribution is 0.768. The van der Waals surface area contributed by atoms with Crippen LogP contribution in [0.5, 0.6) is 0 Å². The van der Waals surface area contributed by atoms with Gasteiger partial charge in [0.05, 0.1) is 17.4 Å². The van der Waals surface area contributed by atoms with Crippen molar-refractivity contribution in [2.75, 3.05) is 0 Å². The molecule has 0 fully saturated rings. The van der Waals surface area contributed by atoms with Gasteiger partial charge in [0, 0.05) is 24.2 Å². The molecule has 56 valence electrons. The number of aryl methyl sites for hydroxylation is 1. The molecule has 0 atom stereocenters. The van der Waals surface area contributed by atoms with Gasteiger partial charge >= 0.3 is 0 Å². The van der Waals surface area contributed by atoms with Crippen molar-refractivity contribution in [2.45, 2.75) is 0 Å². The summed E-state index contributed by atoms with van der Waals surface area (Å²) in [6, 6.07) is 0. The van der Waals surface area contributed by atoms with Crippen LogP contribution in [-0.4, -0.2) is 14.8 Å². The molecule has 0 amide bonds. The van der Waals surface area contributed by atoms with Crippen molar-refractivity contribution in [3.63, 3.8) is 0 Å². The predicted octanol–water partition coefficient (Wildman–Crippen LogP) is 1.54. The van der Waals surface area contributed by atoms with Crippen molar-refractivity contribution in [2.24, 2.45) is 7.05 Å². The summed E-state index contributed by atoms with van der Waals surface area (Å²) in [5.74, 6) is 0. The first-order chi connectivity index (χ1) is 5.36. The highest BCUT2D eigenvalue weighted by atomic mass is 32.1. The van der Waals surface area contributed by atoms with E-state index in [-0.39, 0.29) is 0 Å². The summed E-state index contributed by atoms with van der Waals surface area (Å²) in [7, 11) is 1.90. The van der Waals surface area contributed by atoms with Crippen LogP contribution in [0.25, 0.3) is 11.3 Å². The van der Waals surface area contributed by atoms with Crippen LogP contribution >= 0.6 is 11.3 Å². The minimum atomic E-state index is 1.00. The van der Waals surface area contributed by atoms with E-state index in [2.05, 4.69) is 10.1 Å². The van der Waals surface area contributed by atoms with E-state index in [9.17, 15) is 0 Å². The molecule has 2 rings (SSSR count). The number of hydrogen-bond acceptors (Lipinski definition) is 3. The van der Waals surface area contributed by atoms with Crippen molar-refractivity contribution in [1.29, 1.82) is 0 Å². The van der Waals surface area contributed by atoms with Crippen LogP contribution in [0.3, 0.4) is 0 Å². The van der Waals surface area contributed by atoms with Gasteiger partial charge in [0.2, 0.25) is 0 Å². The molecule has 0 saturated heterocycles. The minimum Gasteiger partial charge on any atom is -0.275 e. The van der Waals surface area contributed by atoms with E-state index < -0.39 is 0 Å². The maximum absolute atomic E-state index is 4.16. The van der Waals surface area contributed by atoms with Gasteiger partial charge in [-0.3, -0.25) is 4.68 Å². The molecule has 0 saturated carbocycles. The van der Waals surface area contributed by atoms with Crippen molar-refractivity contribution >= 4 is 11.3 Å². The average molecular weight is 165 g/mol. The second-order valence-corrected chi connectivity index (χ2v) is 3.00. The number of nitrogens with zero attached hydrogens (tertiary/aromatic N) is 3. The van der Waals surface area contributed by atoms with Crippen LogP contribution < -0.4 is 0 Å². The molecule has 2 aromatic rings. The Balaban J connectivity index is 2.45. The van der Waals surface area contributed by atoms with Gasteiger partial charge in [0.25, 0.3) is 0 Å². The summed E-state index contributed by atoms with van der Waals surface area (Å²) in [4.78, 5) is 4.16. The monoisotopic (exact) mass is 165 g/mol. The molecular formula is C7H7N3S. The SMILES string of the molecule is Cn1cc(-c2cscn2)cn1. The van der Waals surface area contributed by atoms with Crippen LogP contribution in [0.15, 0.2) is 23.3 Å². The fourth-order valence-corrected chi connectivity index (χ4v) is 1.47. The highest BCUT2D eigenvalue weighted by Crippen LogP contribution is 2.16. The zero-order chi connectivity index (χ0) is 7.68. The summed E-state index contributed by atoms with van der Waals surface area (Å²) in [6.45, 7) is 0. The molecule has 3 nitrogen and oxygen atoms in total. The molecule has 0 spiro atoms. The summed E-state index contributed by atoms with van der Waals surface area (Å²) in [5, 5.41) is 6.06. The molecule has 0 aliphatic rings. The first kappa shape index (κ1) is 6.54. The second kappa shape index (κ2) is 2.47. The van der Waals surface area contributed by atoms with Crippen LogP contribution in [0.4, 0.5) is 0 Å². The molecule has 11 heavy (non-hydrogen) atoms. The molecule has 0 bridgehead atoms. The lowest BCUT2D eigenvalue weighted by atomic mass is 10.3.